The Morgan fingerprint density at radius 1 is 1.29 bits per heavy atom. The monoisotopic (exact) mass is 236 g/mol. The van der Waals surface area contributed by atoms with E-state index < -0.39 is 0 Å². The van der Waals surface area contributed by atoms with Crippen molar-refractivity contribution in [1.29, 1.82) is 0 Å². The Morgan fingerprint density at radius 3 is 2.53 bits per heavy atom. The van der Waals surface area contributed by atoms with Gasteiger partial charge in [0, 0.05) is 12.0 Å². The van der Waals surface area contributed by atoms with Gasteiger partial charge >= 0.3 is 0 Å². The first-order valence-corrected chi connectivity index (χ1v) is 6.64. The van der Waals surface area contributed by atoms with Crippen LogP contribution >= 0.6 is 0 Å². The van der Waals surface area contributed by atoms with Crippen molar-refractivity contribution < 1.29 is 9.59 Å². The molecular formula is C13H20N2O2. The Balaban J connectivity index is 1.83. The van der Waals surface area contributed by atoms with Crippen molar-refractivity contribution in [2.75, 3.05) is 6.54 Å². The van der Waals surface area contributed by atoms with Gasteiger partial charge in [-0.2, -0.15) is 0 Å². The molecule has 3 aliphatic rings. The van der Waals surface area contributed by atoms with Crippen molar-refractivity contribution in [3.05, 3.63) is 0 Å². The highest BCUT2D eigenvalue weighted by molar-refractivity contribution is 6.01. The van der Waals surface area contributed by atoms with Gasteiger partial charge in [-0.25, -0.2) is 0 Å². The number of nitrogens with zero attached hydrogens (tertiary/aromatic N) is 1. The molecule has 4 nitrogen and oxygen atoms in total. The summed E-state index contributed by atoms with van der Waals surface area (Å²) in [6.45, 7) is 7.06. The molecule has 4 heteroatoms. The number of imide groups is 1. The number of nitrogens with one attached hydrogen (secondary N) is 1. The summed E-state index contributed by atoms with van der Waals surface area (Å²) in [4.78, 5) is 26.2. The van der Waals surface area contributed by atoms with Crippen molar-refractivity contribution in [2.24, 2.45) is 23.7 Å². The molecule has 2 saturated heterocycles. The Kier molecular flexibility index (Phi) is 2.34. The van der Waals surface area contributed by atoms with E-state index in [9.17, 15) is 9.59 Å². The molecule has 0 aromatic heterocycles. The minimum absolute atomic E-state index is 0.0310. The molecule has 0 bridgehead atoms. The molecule has 0 radical (unpaired) electrons. The van der Waals surface area contributed by atoms with Gasteiger partial charge in [-0.3, -0.25) is 14.5 Å². The zero-order valence-electron chi connectivity index (χ0n) is 10.6. The molecule has 3 rings (SSSR count). The van der Waals surface area contributed by atoms with Crippen LogP contribution in [0.15, 0.2) is 0 Å². The van der Waals surface area contributed by atoms with Gasteiger partial charge in [0.25, 0.3) is 0 Å². The van der Waals surface area contributed by atoms with Gasteiger partial charge < -0.3 is 5.32 Å². The first-order chi connectivity index (χ1) is 8.04. The summed E-state index contributed by atoms with van der Waals surface area (Å²) in [5.74, 6) is 1.04. The number of hydrogen-bond donors (Lipinski definition) is 1. The summed E-state index contributed by atoms with van der Waals surface area (Å²) in [5, 5.41) is 3.35. The van der Waals surface area contributed by atoms with Crippen molar-refractivity contribution >= 4 is 11.8 Å². The lowest BCUT2D eigenvalue weighted by atomic mass is 10.0. The van der Waals surface area contributed by atoms with Gasteiger partial charge in [0.05, 0.1) is 12.0 Å². The number of rotatable bonds is 1. The molecule has 2 unspecified atom stereocenters. The Hall–Kier alpha value is -0.900. The lowest BCUT2D eigenvalue weighted by Gasteiger charge is -2.21. The van der Waals surface area contributed by atoms with Gasteiger partial charge in [-0.05, 0) is 24.8 Å². The summed E-state index contributed by atoms with van der Waals surface area (Å²) in [6, 6.07) is 0.306. The van der Waals surface area contributed by atoms with Crippen molar-refractivity contribution in [3.63, 3.8) is 0 Å². The summed E-state index contributed by atoms with van der Waals surface area (Å²) in [5.41, 5.74) is 0. The van der Waals surface area contributed by atoms with E-state index >= 15 is 0 Å². The lowest BCUT2D eigenvalue weighted by molar-refractivity contribution is -0.146. The number of carbonyl (C=O) groups is 2. The van der Waals surface area contributed by atoms with E-state index in [-0.39, 0.29) is 35.7 Å². The van der Waals surface area contributed by atoms with Crippen molar-refractivity contribution in [2.45, 2.75) is 39.3 Å². The first-order valence-electron chi connectivity index (χ1n) is 6.64. The van der Waals surface area contributed by atoms with Gasteiger partial charge in [0.2, 0.25) is 11.8 Å². The average Bonchev–Trinajstić information content (AvgIpc) is 2.69. The molecule has 0 aromatic carbocycles. The molecule has 17 heavy (non-hydrogen) atoms. The molecule has 3 fully saturated rings. The fraction of sp³-hybridized carbons (Fsp3) is 0.846. The molecule has 1 aliphatic carbocycles. The number of likely N-dealkylation sites (tertiary alicyclic amines) is 1. The van der Waals surface area contributed by atoms with E-state index in [1.54, 1.807) is 4.90 Å². The SMILES string of the molecule is CC1C(C)C1C(=O)N1C(=O)[C@@H](C)[C@H]2NCC[C@@H]21. The second-order valence-electron chi connectivity index (χ2n) is 5.92. The molecule has 0 aromatic rings. The van der Waals surface area contributed by atoms with E-state index in [0.717, 1.165) is 13.0 Å². The van der Waals surface area contributed by atoms with E-state index in [1.807, 2.05) is 6.92 Å². The first kappa shape index (κ1) is 11.2. The summed E-state index contributed by atoms with van der Waals surface area (Å²) in [6.07, 6.45) is 0.919. The largest absolute Gasteiger partial charge is 0.311 e. The lowest BCUT2D eigenvalue weighted by Crippen LogP contribution is -2.41. The standard InChI is InChI=1S/C13H20N2O2/c1-6-7(2)10(6)13(17)15-9-4-5-14-11(9)8(3)12(15)16/h6-11,14H,4-5H2,1-3H3/t6?,7?,8-,9-,10?,11+/m0/s1. The summed E-state index contributed by atoms with van der Waals surface area (Å²) >= 11 is 0. The molecule has 2 aliphatic heterocycles. The maximum atomic E-state index is 12.4. The van der Waals surface area contributed by atoms with Crippen molar-refractivity contribution in [1.82, 2.24) is 10.2 Å². The molecule has 5 atom stereocenters. The predicted octanol–water partition coefficient (Wildman–Crippen LogP) is 0.624. The topological polar surface area (TPSA) is 49.4 Å². The molecule has 1 N–H and O–H groups in total. The zero-order valence-corrected chi connectivity index (χ0v) is 10.6. The second kappa shape index (κ2) is 3.55. The van der Waals surface area contributed by atoms with Crippen LogP contribution in [-0.2, 0) is 9.59 Å². The molecule has 94 valence electrons. The van der Waals surface area contributed by atoms with Gasteiger partial charge in [-0.15, -0.1) is 0 Å². The van der Waals surface area contributed by atoms with Crippen LogP contribution in [0.2, 0.25) is 0 Å². The third-order valence-electron chi connectivity index (χ3n) is 5.08. The average molecular weight is 236 g/mol. The van der Waals surface area contributed by atoms with Crippen LogP contribution in [0.4, 0.5) is 0 Å². The van der Waals surface area contributed by atoms with Gasteiger partial charge in [0.15, 0.2) is 0 Å². The number of hydrogen-bond acceptors (Lipinski definition) is 3. The molecule has 2 amide bonds. The predicted molar refractivity (Wildman–Crippen MR) is 63.0 cm³/mol. The maximum Gasteiger partial charge on any atom is 0.233 e. The van der Waals surface area contributed by atoms with Gasteiger partial charge in [0.1, 0.15) is 0 Å². The minimum Gasteiger partial charge on any atom is -0.311 e. The normalized spacial score (nSPS) is 48.4. The molecular weight excluding hydrogens is 216 g/mol. The fourth-order valence-electron chi connectivity index (χ4n) is 3.59. The molecule has 1 saturated carbocycles. The maximum absolute atomic E-state index is 12.4. The van der Waals surface area contributed by atoms with Crippen LogP contribution in [0, 0.1) is 23.7 Å². The second-order valence-corrected chi connectivity index (χ2v) is 5.92. The third-order valence-corrected chi connectivity index (χ3v) is 5.08. The Morgan fingerprint density at radius 2 is 1.94 bits per heavy atom. The summed E-state index contributed by atoms with van der Waals surface area (Å²) in [7, 11) is 0. The fourth-order valence-corrected chi connectivity index (χ4v) is 3.59. The number of fused-ring (bicyclic) bond motifs is 1. The van der Waals surface area contributed by atoms with Gasteiger partial charge in [-0.1, -0.05) is 20.8 Å². The minimum atomic E-state index is -0.0455. The van der Waals surface area contributed by atoms with Crippen LogP contribution in [0.3, 0.4) is 0 Å². The smallest absolute Gasteiger partial charge is 0.233 e. The molecule has 2 heterocycles. The number of amides is 2. The van der Waals surface area contributed by atoms with Crippen LogP contribution in [0.25, 0.3) is 0 Å². The highest BCUT2D eigenvalue weighted by Crippen LogP contribution is 2.48. The van der Waals surface area contributed by atoms with Crippen molar-refractivity contribution in [3.8, 4) is 0 Å². The molecule has 0 spiro atoms. The van der Waals surface area contributed by atoms with E-state index in [2.05, 4.69) is 19.2 Å². The zero-order chi connectivity index (χ0) is 12.3. The van der Waals surface area contributed by atoms with Crippen LogP contribution in [-0.4, -0.2) is 35.3 Å². The quantitative estimate of drug-likeness (QED) is 0.679. The van der Waals surface area contributed by atoms with Crippen LogP contribution < -0.4 is 5.32 Å². The highest BCUT2D eigenvalue weighted by atomic mass is 16.2. The van der Waals surface area contributed by atoms with E-state index in [1.165, 1.54) is 0 Å². The van der Waals surface area contributed by atoms with Crippen LogP contribution in [0.5, 0.6) is 0 Å². The summed E-state index contributed by atoms with van der Waals surface area (Å²) < 4.78 is 0. The van der Waals surface area contributed by atoms with E-state index in [0.29, 0.717) is 11.8 Å². The Bertz CT molecular complexity index is 374. The van der Waals surface area contributed by atoms with E-state index in [4.69, 9.17) is 0 Å². The Labute approximate surface area is 102 Å². The third kappa shape index (κ3) is 1.39. The number of carbonyl (C=O) groups excluding carboxylic acids is 2. The highest BCUT2D eigenvalue weighted by Gasteiger charge is 2.57. The van der Waals surface area contributed by atoms with Crippen LogP contribution in [0.1, 0.15) is 27.2 Å².